The molecule has 2 heterocycles. The van der Waals surface area contributed by atoms with Crippen LogP contribution in [0.25, 0.3) is 0 Å². The maximum absolute atomic E-state index is 11.2. The lowest BCUT2D eigenvalue weighted by Crippen LogP contribution is -2.25. The van der Waals surface area contributed by atoms with Gasteiger partial charge in [0.1, 0.15) is 36.5 Å². The molecule has 0 aromatic carbocycles. The van der Waals surface area contributed by atoms with Gasteiger partial charge in [-0.25, -0.2) is 27.4 Å². The van der Waals surface area contributed by atoms with Crippen LogP contribution in [0.4, 0.5) is 36.3 Å². The third-order valence-corrected chi connectivity index (χ3v) is 13.6. The highest BCUT2D eigenvalue weighted by Gasteiger charge is 2.25. The monoisotopic (exact) mass is 1340 g/mol. The van der Waals surface area contributed by atoms with Gasteiger partial charge in [-0.05, 0) is 64.2 Å². The lowest BCUT2D eigenvalue weighted by molar-refractivity contribution is -0.237. The molecule has 0 bridgehead atoms. The van der Waals surface area contributed by atoms with E-state index in [9.17, 15) is 58.1 Å². The first-order chi connectivity index (χ1) is 40.4. The molecule has 0 aromatic heterocycles. The second-order valence-corrected chi connectivity index (χ2v) is 25.0. The molecule has 2 rings (SSSR count). The van der Waals surface area contributed by atoms with Crippen LogP contribution in [0.3, 0.4) is 0 Å². The van der Waals surface area contributed by atoms with Crippen LogP contribution in [0.2, 0.25) is 0 Å². The Labute approximate surface area is 517 Å². The first-order valence-corrected chi connectivity index (χ1v) is 36.0. The predicted octanol–water partition coefficient (Wildman–Crippen LogP) is 14.8. The van der Waals surface area contributed by atoms with Gasteiger partial charge in [0, 0.05) is 88.9 Å². The third kappa shape index (κ3) is 109. The van der Waals surface area contributed by atoms with E-state index in [0.717, 1.165) is 122 Å². The standard InChI is InChI=1S/2C7H13NO2.C6H11NO2.C6H15O4P.C6H15O3P.C6H12O3.C4H7N.C4H10O2S.C4H10OS.C3H7F.CF4/c2*1-2-3-4-8-5-6-10-7(8)9;1-2-4-8-6-9-5-3-7;1-4-5-6-10-11(7,8-2)9-3;1-4-5-6-9-10(3,7)8-2;1-3-4-5-9-6(7)8-2;1-2-3-4-5;1-3-4-7(2,5)6;1-3-4-6(2)5;1-2-3-4;2-1(3,4)5/h2*2-6H2,1H3;2,4-6H2,1H3;4-6H2,1-3H3;4-6H2,1-3H3;3-5H2,1-2H3;2-3H2,1H3;3-4H2,1-2H3;3-4H2,1-2H3;2-3H2,1H3;. The zero-order valence-corrected chi connectivity index (χ0v) is 58.5. The van der Waals surface area contributed by atoms with Crippen LogP contribution >= 0.6 is 15.4 Å². The summed E-state index contributed by atoms with van der Waals surface area (Å²) >= 11 is 0. The van der Waals surface area contributed by atoms with Crippen LogP contribution in [0, 0.1) is 22.7 Å². The molecule has 0 spiro atoms. The van der Waals surface area contributed by atoms with Crippen LogP contribution in [-0.4, -0.2) is 192 Å². The first-order valence-electron chi connectivity index (χ1n) is 28.7. The molecule has 23 nitrogen and oxygen atoms in total. The average Bonchev–Trinajstić information content (AvgIpc) is 4.11. The fourth-order valence-electron chi connectivity index (χ4n) is 4.36. The molecule has 2 atom stereocenters. The Morgan fingerprint density at radius 2 is 1.08 bits per heavy atom. The van der Waals surface area contributed by atoms with E-state index < -0.39 is 48.6 Å². The van der Waals surface area contributed by atoms with Crippen LogP contribution in [0.1, 0.15) is 172 Å². The van der Waals surface area contributed by atoms with E-state index in [1.807, 2.05) is 53.7 Å². The number of methoxy groups -OCH3 is 1. The number of hydrogen-bond acceptors (Lipinski definition) is 21. The molecule has 2 aliphatic heterocycles. The van der Waals surface area contributed by atoms with E-state index in [1.54, 1.807) is 23.0 Å². The van der Waals surface area contributed by atoms with E-state index in [0.29, 0.717) is 58.2 Å². The summed E-state index contributed by atoms with van der Waals surface area (Å²) < 4.78 is 154. The van der Waals surface area contributed by atoms with E-state index >= 15 is 0 Å². The van der Waals surface area contributed by atoms with Crippen molar-refractivity contribution in [2.24, 2.45) is 0 Å². The Morgan fingerprint density at radius 3 is 1.33 bits per heavy atom. The Hall–Kier alpha value is -3.28. The topological polar surface area (TPSA) is 292 Å². The zero-order chi connectivity index (χ0) is 68.6. The molecule has 520 valence electrons. The van der Waals surface area contributed by atoms with Gasteiger partial charge in [-0.3, -0.25) is 26.7 Å². The predicted molar refractivity (Wildman–Crippen MR) is 329 cm³/mol. The number of cyclic esters (lactones) is 2. The highest BCUT2D eigenvalue weighted by molar-refractivity contribution is 7.90. The molecular weight excluding hydrogens is 1230 g/mol. The second-order valence-electron chi connectivity index (χ2n) is 17.2. The minimum atomic E-state index is -5.50. The quantitative estimate of drug-likeness (QED) is 0.0156. The number of amides is 2. The Kier molecular flexibility index (Phi) is 92.0. The molecule has 0 aromatic rings. The second kappa shape index (κ2) is 77.8. The van der Waals surface area contributed by atoms with E-state index in [1.165, 1.54) is 41.4 Å². The Morgan fingerprint density at radius 1 is 0.651 bits per heavy atom. The summed E-state index contributed by atoms with van der Waals surface area (Å²) in [7, 11) is -3.85. The molecule has 0 saturated carbocycles. The van der Waals surface area contributed by atoms with Crippen molar-refractivity contribution in [2.75, 3.05) is 145 Å². The lowest BCUT2D eigenvalue weighted by atomic mass is 10.3. The summed E-state index contributed by atoms with van der Waals surface area (Å²) in [6.07, 6.45) is 11.8. The molecule has 0 radical (unpaired) electrons. The fourth-order valence-corrected chi connectivity index (χ4v) is 6.96. The number of carbonyl (C=O) groups is 3. The van der Waals surface area contributed by atoms with Crippen molar-refractivity contribution in [2.45, 2.75) is 178 Å². The average molecular weight is 1340 g/mol. The Balaban J connectivity index is -0.000000110. The van der Waals surface area contributed by atoms with Gasteiger partial charge in [-0.15, -0.1) is 17.6 Å². The van der Waals surface area contributed by atoms with Gasteiger partial charge in [-0.2, -0.15) is 10.5 Å². The van der Waals surface area contributed by atoms with Crippen molar-refractivity contribution >= 4 is 54.4 Å². The number of halogens is 5. The van der Waals surface area contributed by atoms with Crippen LogP contribution < -0.4 is 0 Å². The van der Waals surface area contributed by atoms with Crippen LogP contribution in [0.15, 0.2) is 0 Å². The maximum atomic E-state index is 11.2. The molecule has 2 unspecified atom stereocenters. The Bertz CT molecular complexity index is 1750. The van der Waals surface area contributed by atoms with Gasteiger partial charge < -0.3 is 47.3 Å². The number of hydrogen-bond donors (Lipinski definition) is 0. The normalized spacial score (nSPS) is 12.8. The number of nitriles is 2. The summed E-state index contributed by atoms with van der Waals surface area (Å²) in [4.78, 5) is 35.3. The lowest BCUT2D eigenvalue weighted by Gasteiger charge is -2.12. The minimum Gasteiger partial charge on any atom is -0.448 e. The number of unbranched alkanes of at least 4 members (excludes halogenated alkanes) is 6. The van der Waals surface area contributed by atoms with Gasteiger partial charge >= 0.3 is 40.2 Å². The molecule has 32 heteroatoms. The smallest absolute Gasteiger partial charge is 0.448 e. The zero-order valence-electron chi connectivity index (χ0n) is 55.1. The molecule has 0 N–H and O–H groups in total. The van der Waals surface area contributed by atoms with Gasteiger partial charge in [-0.1, -0.05) is 101 Å². The van der Waals surface area contributed by atoms with Crippen molar-refractivity contribution in [3.05, 3.63) is 0 Å². The van der Waals surface area contributed by atoms with Crippen LogP contribution in [0.5, 0.6) is 0 Å². The third-order valence-electron chi connectivity index (χ3n) is 8.79. The highest BCUT2D eigenvalue weighted by Crippen LogP contribution is 2.47. The van der Waals surface area contributed by atoms with Crippen molar-refractivity contribution in [1.29, 1.82) is 10.5 Å². The number of phosphoric ester groups is 1. The number of ether oxygens (including phenoxy) is 6. The summed E-state index contributed by atoms with van der Waals surface area (Å²) in [6.45, 7) is 28.2. The number of sulfone groups is 1. The number of alkyl halides is 5. The van der Waals surface area contributed by atoms with Crippen LogP contribution in [-0.2, 0) is 80.8 Å². The number of phosphoric acid groups is 1. The molecule has 2 saturated heterocycles. The van der Waals surface area contributed by atoms with Gasteiger partial charge in [0.05, 0.1) is 58.8 Å². The van der Waals surface area contributed by atoms with E-state index in [2.05, 4.69) is 43.8 Å². The van der Waals surface area contributed by atoms with Gasteiger partial charge in [0.15, 0.2) is 0 Å². The summed E-state index contributed by atoms with van der Waals surface area (Å²) in [5.41, 5.74) is 0. The van der Waals surface area contributed by atoms with Gasteiger partial charge in [0.2, 0.25) is 0 Å². The molecule has 0 aliphatic carbocycles. The van der Waals surface area contributed by atoms with E-state index in [-0.39, 0.29) is 32.3 Å². The molecule has 2 amide bonds. The molecule has 86 heavy (non-hydrogen) atoms. The molecule has 2 fully saturated rings. The number of rotatable bonds is 31. The number of nitrogens with zero attached hydrogens (tertiary/aromatic N) is 4. The minimum absolute atomic E-state index is 0.115. The van der Waals surface area contributed by atoms with Crippen molar-refractivity contribution in [3.8, 4) is 12.1 Å². The van der Waals surface area contributed by atoms with Crippen molar-refractivity contribution in [1.82, 2.24) is 9.80 Å². The number of carbonyl (C=O) groups excluding carboxylic acids is 3. The fraction of sp³-hybridized carbons (Fsp3) is 0.907. The molecule has 2 aliphatic rings. The molecular formula is C54H113F5N4O19P2S2. The summed E-state index contributed by atoms with van der Waals surface area (Å²) in [5, 5.41) is 15.8. The van der Waals surface area contributed by atoms with Gasteiger partial charge in [0.25, 0.3) is 0 Å². The maximum Gasteiger partial charge on any atom is 0.559 e. The SMILES string of the molecule is CCCC#N.CCCCN1CCOC1=O.CCCCN1CCOC1=O.CCCCOC(=O)OC.CCCCOP(=O)(OC)OC.CCCCOP(C)(=O)OC.CCCF.CCCOCOCC#N.CCCS(C)(=O)=O.CCCS(C)=O.FC(F)(F)F. The van der Waals surface area contributed by atoms with Crippen molar-refractivity contribution < 1.29 is 109 Å². The summed E-state index contributed by atoms with van der Waals surface area (Å²) in [6, 6.07) is 3.86. The largest absolute Gasteiger partial charge is 0.559 e. The van der Waals surface area contributed by atoms with Crippen molar-refractivity contribution in [3.63, 3.8) is 0 Å². The highest BCUT2D eigenvalue weighted by atomic mass is 32.2. The first kappa shape index (κ1) is 102. The summed E-state index contributed by atoms with van der Waals surface area (Å²) in [5.74, 6) is 1.16. The van der Waals surface area contributed by atoms with E-state index in [4.69, 9.17) is 38.5 Å².